The Morgan fingerprint density at radius 2 is 1.72 bits per heavy atom. The molecule has 7 heteroatoms. The van der Waals surface area contributed by atoms with Crippen molar-refractivity contribution in [3.8, 4) is 17.0 Å². The Morgan fingerprint density at radius 3 is 2.47 bits per heavy atom. The van der Waals surface area contributed by atoms with Crippen molar-refractivity contribution >= 4 is 40.2 Å². The van der Waals surface area contributed by atoms with E-state index in [-0.39, 0.29) is 11.7 Å². The maximum absolute atomic E-state index is 13.3. The Kier molecular flexibility index (Phi) is 6.37. The number of amides is 2. The first-order valence-electron chi connectivity index (χ1n) is 9.91. The minimum Gasteiger partial charge on any atom is -0.497 e. The third-order valence-corrected chi connectivity index (χ3v) is 5.95. The molecule has 0 aliphatic carbocycles. The Bertz CT molecular complexity index is 1290. The highest BCUT2D eigenvalue weighted by molar-refractivity contribution is 8.00. The number of rotatable bonds is 7. The summed E-state index contributed by atoms with van der Waals surface area (Å²) in [5, 5.41) is 3.73. The Hall–Kier alpha value is -3.84. The number of thioether (sulfide) groups is 1. The van der Waals surface area contributed by atoms with Gasteiger partial charge in [0, 0.05) is 15.8 Å². The maximum atomic E-state index is 13.3. The number of nitrogens with zero attached hydrogens (tertiary/aromatic N) is 1. The van der Waals surface area contributed by atoms with E-state index in [9.17, 15) is 9.59 Å². The van der Waals surface area contributed by atoms with Gasteiger partial charge in [0.2, 0.25) is 5.91 Å². The van der Waals surface area contributed by atoms with E-state index in [1.807, 2.05) is 66.7 Å². The van der Waals surface area contributed by atoms with Crippen molar-refractivity contribution in [1.82, 2.24) is 4.98 Å². The van der Waals surface area contributed by atoms with Gasteiger partial charge in [0.25, 0.3) is 5.91 Å². The molecule has 32 heavy (non-hydrogen) atoms. The number of hydrogen-bond acceptors (Lipinski definition) is 5. The summed E-state index contributed by atoms with van der Waals surface area (Å²) in [5.74, 6) is 0.204. The van der Waals surface area contributed by atoms with Gasteiger partial charge >= 0.3 is 0 Å². The van der Waals surface area contributed by atoms with E-state index in [4.69, 9.17) is 15.5 Å². The van der Waals surface area contributed by atoms with E-state index in [2.05, 4.69) is 5.32 Å². The van der Waals surface area contributed by atoms with E-state index >= 15 is 0 Å². The molecule has 0 saturated heterocycles. The van der Waals surface area contributed by atoms with Crippen LogP contribution < -0.4 is 15.8 Å². The number of pyridine rings is 1. The van der Waals surface area contributed by atoms with E-state index in [0.717, 1.165) is 27.1 Å². The summed E-state index contributed by atoms with van der Waals surface area (Å²) in [6.07, 6.45) is 0. The largest absolute Gasteiger partial charge is 0.497 e. The number of carbonyl (C=O) groups excluding carboxylic acids is 2. The highest BCUT2D eigenvalue weighted by Gasteiger charge is 2.16. The first kappa shape index (κ1) is 21.4. The minimum atomic E-state index is -0.416. The van der Waals surface area contributed by atoms with Gasteiger partial charge in [-0.3, -0.25) is 9.59 Å². The fraction of sp³-hybridized carbons (Fsp3) is 0.0800. The number of benzene rings is 3. The standard InChI is InChI=1S/C25H21N3O3S/c1-31-17-12-10-16(11-13-17)22-14-19(18-6-2-3-7-20(18)27-22)25(30)28-21-8-4-5-9-23(21)32-15-24(26)29/h2-14H,15H2,1H3,(H2,26,29)(H,28,30). The van der Waals surface area contributed by atoms with Crippen LogP contribution in [0.2, 0.25) is 0 Å². The fourth-order valence-corrected chi connectivity index (χ4v) is 4.05. The highest BCUT2D eigenvalue weighted by Crippen LogP contribution is 2.30. The number of carbonyl (C=O) groups is 2. The number of anilines is 1. The number of primary amides is 1. The fourth-order valence-electron chi connectivity index (χ4n) is 3.31. The van der Waals surface area contributed by atoms with Gasteiger partial charge in [-0.05, 0) is 48.5 Å². The van der Waals surface area contributed by atoms with Gasteiger partial charge < -0.3 is 15.8 Å². The van der Waals surface area contributed by atoms with Crippen LogP contribution in [0.5, 0.6) is 5.75 Å². The molecule has 160 valence electrons. The van der Waals surface area contributed by atoms with E-state index < -0.39 is 5.91 Å². The summed E-state index contributed by atoms with van der Waals surface area (Å²) < 4.78 is 5.23. The first-order valence-corrected chi connectivity index (χ1v) is 10.9. The molecule has 0 aliphatic rings. The van der Waals surface area contributed by atoms with Crippen LogP contribution in [0.4, 0.5) is 5.69 Å². The summed E-state index contributed by atoms with van der Waals surface area (Å²) >= 11 is 1.29. The second-order valence-electron chi connectivity index (χ2n) is 7.01. The molecular formula is C25H21N3O3S. The summed E-state index contributed by atoms with van der Waals surface area (Å²) in [4.78, 5) is 30.0. The van der Waals surface area contributed by atoms with Gasteiger partial charge in [0.1, 0.15) is 5.75 Å². The van der Waals surface area contributed by atoms with E-state index in [0.29, 0.717) is 16.9 Å². The maximum Gasteiger partial charge on any atom is 0.256 e. The molecule has 3 aromatic carbocycles. The third-order valence-electron chi connectivity index (χ3n) is 4.85. The Balaban J connectivity index is 1.72. The predicted octanol–water partition coefficient (Wildman–Crippen LogP) is 4.74. The average Bonchev–Trinajstić information content (AvgIpc) is 2.82. The van der Waals surface area contributed by atoms with Gasteiger partial charge in [0.05, 0.1) is 35.3 Å². The van der Waals surface area contributed by atoms with Crippen molar-refractivity contribution in [2.75, 3.05) is 18.2 Å². The van der Waals surface area contributed by atoms with Crippen molar-refractivity contribution in [3.63, 3.8) is 0 Å². The van der Waals surface area contributed by atoms with Gasteiger partial charge in [0.15, 0.2) is 0 Å². The molecule has 1 aromatic heterocycles. The molecule has 4 aromatic rings. The number of ether oxygens (including phenoxy) is 1. The zero-order valence-electron chi connectivity index (χ0n) is 17.4. The van der Waals surface area contributed by atoms with Crippen LogP contribution >= 0.6 is 11.8 Å². The molecule has 0 spiro atoms. The highest BCUT2D eigenvalue weighted by atomic mass is 32.2. The van der Waals surface area contributed by atoms with Gasteiger partial charge in [-0.15, -0.1) is 11.8 Å². The second-order valence-corrected chi connectivity index (χ2v) is 8.02. The molecule has 0 atom stereocenters. The quantitative estimate of drug-likeness (QED) is 0.402. The molecule has 0 unspecified atom stereocenters. The van der Waals surface area contributed by atoms with Crippen molar-refractivity contribution < 1.29 is 14.3 Å². The van der Waals surface area contributed by atoms with Crippen LogP contribution in [0.3, 0.4) is 0 Å². The Labute approximate surface area is 189 Å². The third kappa shape index (κ3) is 4.73. The summed E-state index contributed by atoms with van der Waals surface area (Å²) in [7, 11) is 1.62. The zero-order chi connectivity index (χ0) is 22.5. The molecule has 0 aliphatic heterocycles. The normalized spacial score (nSPS) is 10.7. The van der Waals surface area contributed by atoms with Crippen LogP contribution in [-0.4, -0.2) is 29.7 Å². The van der Waals surface area contributed by atoms with Crippen LogP contribution in [0.1, 0.15) is 10.4 Å². The lowest BCUT2D eigenvalue weighted by Crippen LogP contribution is -2.15. The summed E-state index contributed by atoms with van der Waals surface area (Å²) in [6, 6.07) is 24.2. The van der Waals surface area contributed by atoms with Crippen LogP contribution in [0.15, 0.2) is 83.8 Å². The van der Waals surface area contributed by atoms with Crippen LogP contribution in [0, 0.1) is 0 Å². The summed E-state index contributed by atoms with van der Waals surface area (Å²) in [5.41, 5.74) is 8.69. The zero-order valence-corrected chi connectivity index (χ0v) is 18.2. The van der Waals surface area contributed by atoms with Crippen molar-refractivity contribution in [1.29, 1.82) is 0 Å². The number of para-hydroxylation sites is 2. The number of aromatic nitrogens is 1. The second kappa shape index (κ2) is 9.53. The lowest BCUT2D eigenvalue weighted by molar-refractivity contribution is -0.115. The van der Waals surface area contributed by atoms with Crippen molar-refractivity contribution in [2.24, 2.45) is 5.73 Å². The molecule has 0 saturated carbocycles. The van der Waals surface area contributed by atoms with Crippen LogP contribution in [0.25, 0.3) is 22.2 Å². The smallest absolute Gasteiger partial charge is 0.256 e. The van der Waals surface area contributed by atoms with Crippen molar-refractivity contribution in [2.45, 2.75) is 4.90 Å². The Morgan fingerprint density at radius 1 is 1.00 bits per heavy atom. The lowest BCUT2D eigenvalue weighted by Gasteiger charge is -2.13. The number of nitrogens with one attached hydrogen (secondary N) is 1. The first-order chi connectivity index (χ1) is 15.5. The average molecular weight is 444 g/mol. The number of methoxy groups -OCH3 is 1. The van der Waals surface area contributed by atoms with E-state index in [1.165, 1.54) is 11.8 Å². The van der Waals surface area contributed by atoms with Gasteiger partial charge in [-0.1, -0.05) is 30.3 Å². The lowest BCUT2D eigenvalue weighted by atomic mass is 10.0. The number of hydrogen-bond donors (Lipinski definition) is 2. The topological polar surface area (TPSA) is 94.3 Å². The molecule has 0 radical (unpaired) electrons. The molecule has 2 amide bonds. The van der Waals surface area contributed by atoms with Gasteiger partial charge in [-0.25, -0.2) is 4.98 Å². The number of nitrogens with two attached hydrogens (primary N) is 1. The predicted molar refractivity (Wildman–Crippen MR) is 128 cm³/mol. The molecule has 6 nitrogen and oxygen atoms in total. The van der Waals surface area contributed by atoms with Gasteiger partial charge in [-0.2, -0.15) is 0 Å². The van der Waals surface area contributed by atoms with Crippen LogP contribution in [-0.2, 0) is 4.79 Å². The molecule has 4 rings (SSSR count). The molecule has 1 heterocycles. The summed E-state index contributed by atoms with van der Waals surface area (Å²) in [6.45, 7) is 0. The molecule has 0 bridgehead atoms. The SMILES string of the molecule is COc1ccc(-c2cc(C(=O)Nc3ccccc3SCC(N)=O)c3ccccc3n2)cc1. The number of fused-ring (bicyclic) bond motifs is 1. The van der Waals surface area contributed by atoms with Crippen molar-refractivity contribution in [3.05, 3.63) is 84.4 Å². The van der Waals surface area contributed by atoms with E-state index in [1.54, 1.807) is 19.2 Å². The molecule has 3 N–H and O–H groups in total. The monoisotopic (exact) mass is 443 g/mol. The molecular weight excluding hydrogens is 422 g/mol. The molecule has 0 fully saturated rings. The minimum absolute atomic E-state index is 0.132.